The van der Waals surface area contributed by atoms with Crippen LogP contribution in [0.5, 0.6) is 5.75 Å². The van der Waals surface area contributed by atoms with Gasteiger partial charge in [0, 0.05) is 13.1 Å². The van der Waals surface area contributed by atoms with Crippen LogP contribution < -0.4 is 10.1 Å². The number of hydrogen-bond acceptors (Lipinski definition) is 8. The Morgan fingerprint density at radius 1 is 1.20 bits per heavy atom. The molecule has 0 bridgehead atoms. The number of rotatable bonds is 7. The van der Waals surface area contributed by atoms with E-state index < -0.39 is 10.0 Å². The number of anilines is 1. The monoisotopic (exact) mass is 448 g/mol. The van der Waals surface area contributed by atoms with Crippen molar-refractivity contribution >= 4 is 27.0 Å². The van der Waals surface area contributed by atoms with Gasteiger partial charge in [-0.3, -0.25) is 0 Å². The number of aromatic nitrogens is 2. The van der Waals surface area contributed by atoms with Gasteiger partial charge in [0.2, 0.25) is 21.7 Å². The molecule has 1 aliphatic heterocycles. The lowest BCUT2D eigenvalue weighted by Gasteiger charge is -2.21. The fraction of sp³-hybridized carbons (Fsp3) is 0.400. The third-order valence-corrected chi connectivity index (χ3v) is 7.77. The minimum atomic E-state index is -3.55. The van der Waals surface area contributed by atoms with Crippen molar-refractivity contribution in [2.75, 3.05) is 25.5 Å². The predicted molar refractivity (Wildman–Crippen MR) is 115 cm³/mol. The molecule has 0 radical (unpaired) electrons. The van der Waals surface area contributed by atoms with Gasteiger partial charge in [0.25, 0.3) is 0 Å². The minimum Gasteiger partial charge on any atom is -0.495 e. The molecule has 8 nitrogen and oxygen atoms in total. The third kappa shape index (κ3) is 4.50. The van der Waals surface area contributed by atoms with Crippen molar-refractivity contribution in [1.29, 1.82) is 0 Å². The normalized spacial score (nSPS) is 15.6. The van der Waals surface area contributed by atoms with Crippen molar-refractivity contribution in [2.45, 2.75) is 37.1 Å². The summed E-state index contributed by atoms with van der Waals surface area (Å²) >= 11 is 1.53. The molecule has 1 fully saturated rings. The van der Waals surface area contributed by atoms with Gasteiger partial charge in [0.05, 0.1) is 29.1 Å². The number of sulfonamides is 1. The molecule has 0 amide bonds. The highest BCUT2D eigenvalue weighted by Gasteiger charge is 2.26. The summed E-state index contributed by atoms with van der Waals surface area (Å²) in [5, 5.41) is 9.11. The topological polar surface area (TPSA) is 97.6 Å². The van der Waals surface area contributed by atoms with E-state index in [-0.39, 0.29) is 11.4 Å². The fourth-order valence-corrected chi connectivity index (χ4v) is 5.61. The fourth-order valence-electron chi connectivity index (χ4n) is 3.42. The summed E-state index contributed by atoms with van der Waals surface area (Å²) in [6.45, 7) is 1.37. The van der Waals surface area contributed by atoms with Crippen LogP contribution >= 0.6 is 11.3 Å². The largest absolute Gasteiger partial charge is 0.495 e. The molecule has 10 heteroatoms. The van der Waals surface area contributed by atoms with Crippen molar-refractivity contribution in [3.63, 3.8) is 0 Å². The Hall–Kier alpha value is -2.43. The Bertz CT molecular complexity index is 1070. The first-order chi connectivity index (χ1) is 14.6. The van der Waals surface area contributed by atoms with Crippen LogP contribution in [0.4, 0.5) is 5.69 Å². The third-order valence-electron chi connectivity index (χ3n) is 5.01. The van der Waals surface area contributed by atoms with E-state index >= 15 is 0 Å². The summed E-state index contributed by atoms with van der Waals surface area (Å²) in [5.74, 6) is 1.48. The first-order valence-corrected chi connectivity index (χ1v) is 12.2. The molecular formula is C20H24N4O4S2. The van der Waals surface area contributed by atoms with E-state index in [4.69, 9.17) is 9.26 Å². The van der Waals surface area contributed by atoms with Crippen LogP contribution in [-0.2, 0) is 16.6 Å². The number of benzene rings is 1. The molecule has 0 atom stereocenters. The summed E-state index contributed by atoms with van der Waals surface area (Å²) in [7, 11) is -2.01. The van der Waals surface area contributed by atoms with Gasteiger partial charge in [-0.1, -0.05) is 24.1 Å². The standard InChI is InChI=1S/C20H24N4O4S2/c1-27-17-9-8-15(30(25,26)24-10-4-2-3-5-11-24)13-16(17)21-14-19-22-20(23-28-19)18-7-6-12-29-18/h6-9,12-13,21H,2-5,10-11,14H2,1H3. The molecule has 0 saturated carbocycles. The molecule has 0 aliphatic carbocycles. The average molecular weight is 449 g/mol. The second-order valence-corrected chi connectivity index (χ2v) is 9.91. The van der Waals surface area contributed by atoms with Gasteiger partial charge >= 0.3 is 0 Å². The maximum absolute atomic E-state index is 13.1. The van der Waals surface area contributed by atoms with Gasteiger partial charge in [-0.15, -0.1) is 11.3 Å². The highest BCUT2D eigenvalue weighted by Crippen LogP contribution is 2.30. The molecule has 1 aromatic carbocycles. The highest BCUT2D eigenvalue weighted by atomic mass is 32.2. The van der Waals surface area contributed by atoms with Crippen LogP contribution in [0.2, 0.25) is 0 Å². The average Bonchev–Trinajstić information content (AvgIpc) is 3.38. The van der Waals surface area contributed by atoms with Crippen LogP contribution in [0.3, 0.4) is 0 Å². The van der Waals surface area contributed by atoms with E-state index in [1.807, 2.05) is 17.5 Å². The maximum Gasteiger partial charge on any atom is 0.246 e. The lowest BCUT2D eigenvalue weighted by molar-refractivity contribution is 0.383. The van der Waals surface area contributed by atoms with Gasteiger partial charge in [-0.05, 0) is 42.5 Å². The zero-order valence-electron chi connectivity index (χ0n) is 16.7. The van der Waals surface area contributed by atoms with Gasteiger partial charge in [-0.25, -0.2) is 8.42 Å². The van der Waals surface area contributed by atoms with Crippen LogP contribution in [-0.4, -0.2) is 43.1 Å². The summed E-state index contributed by atoms with van der Waals surface area (Å²) < 4.78 is 38.5. The second kappa shape index (κ2) is 9.15. The lowest BCUT2D eigenvalue weighted by Crippen LogP contribution is -2.32. The first-order valence-electron chi connectivity index (χ1n) is 9.86. The maximum atomic E-state index is 13.1. The van der Waals surface area contributed by atoms with E-state index in [0.29, 0.717) is 36.2 Å². The molecule has 3 heterocycles. The van der Waals surface area contributed by atoms with E-state index in [1.165, 1.54) is 11.3 Å². The predicted octanol–water partition coefficient (Wildman–Crippen LogP) is 3.98. The molecule has 2 aromatic heterocycles. The van der Waals surface area contributed by atoms with Crippen LogP contribution in [0.1, 0.15) is 31.6 Å². The molecule has 1 N–H and O–H groups in total. The van der Waals surface area contributed by atoms with Gasteiger partial charge < -0.3 is 14.6 Å². The molecular weight excluding hydrogens is 424 g/mol. The quantitative estimate of drug-likeness (QED) is 0.584. The van der Waals surface area contributed by atoms with Crippen LogP contribution in [0.15, 0.2) is 45.1 Å². The van der Waals surface area contributed by atoms with Crippen molar-refractivity contribution in [1.82, 2.24) is 14.4 Å². The molecule has 4 rings (SSSR count). The Morgan fingerprint density at radius 3 is 2.70 bits per heavy atom. The van der Waals surface area contributed by atoms with Gasteiger partial charge in [0.15, 0.2) is 0 Å². The number of thiophene rings is 1. The van der Waals surface area contributed by atoms with E-state index in [9.17, 15) is 8.42 Å². The molecule has 160 valence electrons. The molecule has 1 aliphatic rings. The number of nitrogens with one attached hydrogen (secondary N) is 1. The zero-order chi connectivity index (χ0) is 21.0. The van der Waals surface area contributed by atoms with E-state index in [1.54, 1.807) is 29.6 Å². The van der Waals surface area contributed by atoms with Crippen molar-refractivity contribution in [3.8, 4) is 16.5 Å². The Balaban J connectivity index is 1.53. The molecule has 3 aromatic rings. The number of methoxy groups -OCH3 is 1. The summed E-state index contributed by atoms with van der Waals surface area (Å²) in [6, 6.07) is 8.71. The zero-order valence-corrected chi connectivity index (χ0v) is 18.3. The molecule has 1 saturated heterocycles. The Morgan fingerprint density at radius 2 is 2.00 bits per heavy atom. The van der Waals surface area contributed by atoms with Gasteiger partial charge in [-0.2, -0.15) is 9.29 Å². The van der Waals surface area contributed by atoms with Crippen molar-refractivity contribution in [2.24, 2.45) is 0 Å². The number of hydrogen-bond donors (Lipinski definition) is 1. The molecule has 0 spiro atoms. The van der Waals surface area contributed by atoms with Crippen molar-refractivity contribution < 1.29 is 17.7 Å². The Labute approximate surface area is 179 Å². The molecule has 0 unspecified atom stereocenters. The first kappa shape index (κ1) is 20.8. The minimum absolute atomic E-state index is 0.248. The van der Waals surface area contributed by atoms with Crippen LogP contribution in [0, 0.1) is 0 Å². The summed E-state index contributed by atoms with van der Waals surface area (Å²) in [4.78, 5) is 5.55. The number of ether oxygens (including phenoxy) is 1. The van der Waals surface area contributed by atoms with Crippen molar-refractivity contribution in [3.05, 3.63) is 41.6 Å². The van der Waals surface area contributed by atoms with Crippen LogP contribution in [0.25, 0.3) is 10.7 Å². The second-order valence-electron chi connectivity index (χ2n) is 7.02. The molecule has 30 heavy (non-hydrogen) atoms. The summed E-state index contributed by atoms with van der Waals surface area (Å²) in [6.07, 6.45) is 3.92. The number of nitrogens with zero attached hydrogens (tertiary/aromatic N) is 3. The SMILES string of the molecule is COc1ccc(S(=O)(=O)N2CCCCCC2)cc1NCc1nc(-c2cccs2)no1. The smallest absolute Gasteiger partial charge is 0.246 e. The highest BCUT2D eigenvalue weighted by molar-refractivity contribution is 7.89. The lowest BCUT2D eigenvalue weighted by atomic mass is 10.2. The Kier molecular flexibility index (Phi) is 6.35. The summed E-state index contributed by atoms with van der Waals surface area (Å²) in [5.41, 5.74) is 0.560. The van der Waals surface area contributed by atoms with E-state index in [0.717, 1.165) is 30.6 Å². The van der Waals surface area contributed by atoms with E-state index in [2.05, 4.69) is 15.5 Å². The van der Waals surface area contributed by atoms with Gasteiger partial charge in [0.1, 0.15) is 5.75 Å².